The Balaban J connectivity index is 1.99. The number of fused-ring (bicyclic) bond motifs is 1. The summed E-state index contributed by atoms with van der Waals surface area (Å²) in [5, 5.41) is 8.78. The molecule has 19 heavy (non-hydrogen) atoms. The Morgan fingerprint density at radius 2 is 2.05 bits per heavy atom. The number of halogens is 3. The number of alkyl halides is 3. The molecule has 2 rings (SSSR count). The van der Waals surface area contributed by atoms with Crippen molar-refractivity contribution in [3.8, 4) is 0 Å². The highest BCUT2D eigenvalue weighted by Crippen LogP contribution is 2.30. The summed E-state index contributed by atoms with van der Waals surface area (Å²) < 4.78 is 37.6. The number of piperidine rings is 1. The SMILES string of the molecule is O=C(O)CN(CC(F)(F)F)C1CCN2CCCC2C1. The van der Waals surface area contributed by atoms with Crippen molar-refractivity contribution in [3.63, 3.8) is 0 Å². The first-order valence-electron chi connectivity index (χ1n) is 6.62. The van der Waals surface area contributed by atoms with E-state index in [1.807, 2.05) is 0 Å². The zero-order valence-electron chi connectivity index (χ0n) is 10.7. The van der Waals surface area contributed by atoms with Crippen LogP contribution in [0.15, 0.2) is 0 Å². The van der Waals surface area contributed by atoms with Gasteiger partial charge < -0.3 is 10.0 Å². The van der Waals surface area contributed by atoms with Crippen molar-refractivity contribution in [3.05, 3.63) is 0 Å². The third-order valence-corrected chi connectivity index (χ3v) is 4.03. The van der Waals surface area contributed by atoms with Gasteiger partial charge in [-0.05, 0) is 38.8 Å². The Hall–Kier alpha value is -0.820. The predicted octanol–water partition coefficient (Wildman–Crippen LogP) is 1.56. The lowest BCUT2D eigenvalue weighted by Crippen LogP contribution is -2.51. The number of rotatable bonds is 4. The molecule has 7 heteroatoms. The molecule has 2 unspecified atom stereocenters. The molecule has 2 aliphatic heterocycles. The van der Waals surface area contributed by atoms with E-state index in [0.29, 0.717) is 18.9 Å². The molecule has 2 saturated heterocycles. The summed E-state index contributed by atoms with van der Waals surface area (Å²) >= 11 is 0. The number of hydrogen-bond donors (Lipinski definition) is 1. The van der Waals surface area contributed by atoms with Crippen LogP contribution < -0.4 is 0 Å². The van der Waals surface area contributed by atoms with Crippen LogP contribution in [0, 0.1) is 0 Å². The summed E-state index contributed by atoms with van der Waals surface area (Å²) in [6, 6.07) is 0.0698. The second-order valence-electron chi connectivity index (χ2n) is 5.42. The first-order valence-corrected chi connectivity index (χ1v) is 6.62. The van der Waals surface area contributed by atoms with Crippen LogP contribution in [0.4, 0.5) is 13.2 Å². The average molecular weight is 280 g/mol. The smallest absolute Gasteiger partial charge is 0.401 e. The van der Waals surface area contributed by atoms with Gasteiger partial charge in [0.25, 0.3) is 0 Å². The molecule has 4 nitrogen and oxygen atoms in total. The molecular formula is C12H19F3N2O2. The van der Waals surface area contributed by atoms with Crippen LogP contribution in [0.5, 0.6) is 0 Å². The molecule has 2 atom stereocenters. The lowest BCUT2D eigenvalue weighted by Gasteiger charge is -2.40. The van der Waals surface area contributed by atoms with Gasteiger partial charge in [-0.3, -0.25) is 9.69 Å². The number of carboxylic acids is 1. The van der Waals surface area contributed by atoms with Crippen LogP contribution in [-0.4, -0.2) is 65.3 Å². The van der Waals surface area contributed by atoms with E-state index in [9.17, 15) is 18.0 Å². The van der Waals surface area contributed by atoms with E-state index in [0.717, 1.165) is 30.8 Å². The highest BCUT2D eigenvalue weighted by molar-refractivity contribution is 5.69. The Labute approximate surface area is 110 Å². The number of hydrogen-bond acceptors (Lipinski definition) is 3. The molecule has 0 saturated carbocycles. The van der Waals surface area contributed by atoms with E-state index in [-0.39, 0.29) is 6.04 Å². The van der Waals surface area contributed by atoms with Gasteiger partial charge in [0.1, 0.15) is 0 Å². The zero-order chi connectivity index (χ0) is 14.0. The monoisotopic (exact) mass is 280 g/mol. The van der Waals surface area contributed by atoms with E-state index in [1.54, 1.807) is 0 Å². The fraction of sp³-hybridized carbons (Fsp3) is 0.917. The molecule has 2 aliphatic rings. The maximum atomic E-state index is 12.5. The van der Waals surface area contributed by atoms with Gasteiger partial charge in [-0.15, -0.1) is 0 Å². The van der Waals surface area contributed by atoms with Crippen LogP contribution in [-0.2, 0) is 4.79 Å². The Kier molecular flexibility index (Phi) is 4.35. The Bertz CT molecular complexity index is 335. The van der Waals surface area contributed by atoms with Crippen molar-refractivity contribution < 1.29 is 23.1 Å². The van der Waals surface area contributed by atoms with Gasteiger partial charge in [0.2, 0.25) is 0 Å². The molecule has 0 aromatic carbocycles. The zero-order valence-corrected chi connectivity index (χ0v) is 10.7. The number of nitrogens with zero attached hydrogens (tertiary/aromatic N) is 2. The highest BCUT2D eigenvalue weighted by Gasteiger charge is 2.39. The van der Waals surface area contributed by atoms with Crippen molar-refractivity contribution in [1.82, 2.24) is 9.80 Å². The molecule has 0 radical (unpaired) electrons. The summed E-state index contributed by atoms with van der Waals surface area (Å²) in [7, 11) is 0. The number of carboxylic acid groups (broad SMARTS) is 1. The molecule has 2 fully saturated rings. The minimum Gasteiger partial charge on any atom is -0.480 e. The lowest BCUT2D eigenvalue weighted by molar-refractivity contribution is -0.160. The van der Waals surface area contributed by atoms with Gasteiger partial charge in [-0.25, -0.2) is 0 Å². The van der Waals surface area contributed by atoms with Crippen LogP contribution in [0.1, 0.15) is 25.7 Å². The minimum absolute atomic E-state index is 0.267. The quantitative estimate of drug-likeness (QED) is 0.849. The maximum absolute atomic E-state index is 12.5. The van der Waals surface area contributed by atoms with Gasteiger partial charge in [0.05, 0.1) is 13.1 Å². The molecule has 110 valence electrons. The van der Waals surface area contributed by atoms with Crippen LogP contribution in [0.2, 0.25) is 0 Å². The third kappa shape index (κ3) is 4.07. The summed E-state index contributed by atoms with van der Waals surface area (Å²) in [5.41, 5.74) is 0. The molecule has 1 N–H and O–H groups in total. The van der Waals surface area contributed by atoms with Gasteiger partial charge >= 0.3 is 12.1 Å². The Morgan fingerprint density at radius 1 is 1.32 bits per heavy atom. The van der Waals surface area contributed by atoms with E-state index in [1.165, 1.54) is 0 Å². The van der Waals surface area contributed by atoms with Crippen LogP contribution in [0.25, 0.3) is 0 Å². The molecule has 0 amide bonds. The van der Waals surface area contributed by atoms with Gasteiger partial charge in [0, 0.05) is 12.1 Å². The predicted molar refractivity (Wildman–Crippen MR) is 62.9 cm³/mol. The summed E-state index contributed by atoms with van der Waals surface area (Å²) in [6.07, 6.45) is -0.954. The molecule has 0 aromatic rings. The normalized spacial score (nSPS) is 28.6. The minimum atomic E-state index is -4.34. The van der Waals surface area contributed by atoms with E-state index >= 15 is 0 Å². The topological polar surface area (TPSA) is 43.8 Å². The second kappa shape index (κ2) is 5.66. The van der Waals surface area contributed by atoms with E-state index in [2.05, 4.69) is 4.90 Å². The fourth-order valence-corrected chi connectivity index (χ4v) is 3.25. The standard InChI is InChI=1S/C12H19F3N2O2/c13-12(14,15)8-17(7-11(18)19)10-3-5-16-4-1-2-9(16)6-10/h9-10H,1-8H2,(H,18,19). The number of carbonyl (C=O) groups is 1. The van der Waals surface area contributed by atoms with Crippen molar-refractivity contribution in [2.45, 2.75) is 43.9 Å². The molecule has 0 spiro atoms. The van der Waals surface area contributed by atoms with Crippen molar-refractivity contribution in [1.29, 1.82) is 0 Å². The first-order chi connectivity index (χ1) is 8.85. The van der Waals surface area contributed by atoms with Gasteiger partial charge in [-0.1, -0.05) is 0 Å². The van der Waals surface area contributed by atoms with Crippen molar-refractivity contribution in [2.24, 2.45) is 0 Å². The summed E-state index contributed by atoms with van der Waals surface area (Å²) in [5.74, 6) is -1.20. The largest absolute Gasteiger partial charge is 0.480 e. The second-order valence-corrected chi connectivity index (χ2v) is 5.42. The third-order valence-electron chi connectivity index (χ3n) is 4.03. The van der Waals surface area contributed by atoms with Crippen LogP contribution >= 0.6 is 0 Å². The lowest BCUT2D eigenvalue weighted by atomic mass is 9.96. The van der Waals surface area contributed by atoms with Gasteiger partial charge in [0.15, 0.2) is 0 Å². The molecular weight excluding hydrogens is 261 g/mol. The molecule has 0 bridgehead atoms. The van der Waals surface area contributed by atoms with Gasteiger partial charge in [-0.2, -0.15) is 13.2 Å². The average Bonchev–Trinajstić information content (AvgIpc) is 2.72. The fourth-order valence-electron chi connectivity index (χ4n) is 3.25. The van der Waals surface area contributed by atoms with Crippen molar-refractivity contribution >= 4 is 5.97 Å². The molecule has 0 aliphatic carbocycles. The highest BCUT2D eigenvalue weighted by atomic mass is 19.4. The van der Waals surface area contributed by atoms with E-state index < -0.39 is 25.2 Å². The van der Waals surface area contributed by atoms with Crippen LogP contribution in [0.3, 0.4) is 0 Å². The number of aliphatic carboxylic acids is 1. The molecule has 2 heterocycles. The first kappa shape index (κ1) is 14.6. The van der Waals surface area contributed by atoms with E-state index in [4.69, 9.17) is 5.11 Å². The molecule has 0 aromatic heterocycles. The van der Waals surface area contributed by atoms with Crippen molar-refractivity contribution in [2.75, 3.05) is 26.2 Å². The maximum Gasteiger partial charge on any atom is 0.401 e. The summed E-state index contributed by atoms with van der Waals surface area (Å²) in [4.78, 5) is 14.1. The summed E-state index contributed by atoms with van der Waals surface area (Å²) in [6.45, 7) is 0.145. The Morgan fingerprint density at radius 3 is 2.68 bits per heavy atom.